The highest BCUT2D eigenvalue weighted by Gasteiger charge is 2.13. The van der Waals surface area contributed by atoms with Crippen molar-refractivity contribution in [2.45, 2.75) is 32.7 Å². The maximum Gasteiger partial charge on any atom is 0.0299 e. The summed E-state index contributed by atoms with van der Waals surface area (Å²) in [6, 6.07) is 4.51. The highest BCUT2D eigenvalue weighted by molar-refractivity contribution is 7.11. The summed E-state index contributed by atoms with van der Waals surface area (Å²) >= 11 is 1.94. The van der Waals surface area contributed by atoms with E-state index in [-0.39, 0.29) is 0 Å². The van der Waals surface area contributed by atoms with Crippen LogP contribution < -0.4 is 10.6 Å². The number of thiophene rings is 1. The van der Waals surface area contributed by atoms with E-state index in [0.717, 1.165) is 19.0 Å². The lowest BCUT2D eigenvalue weighted by Gasteiger charge is -2.08. The smallest absolute Gasteiger partial charge is 0.0299 e. The molecule has 90 valence electrons. The van der Waals surface area contributed by atoms with E-state index in [4.69, 9.17) is 0 Å². The summed E-state index contributed by atoms with van der Waals surface area (Å²) in [7, 11) is 0. The normalized spacial score (nSPS) is 20.4. The van der Waals surface area contributed by atoms with Gasteiger partial charge in [-0.2, -0.15) is 0 Å². The van der Waals surface area contributed by atoms with Crippen molar-refractivity contribution in [3.8, 4) is 0 Å². The molecule has 3 heteroatoms. The molecule has 0 aliphatic carbocycles. The van der Waals surface area contributed by atoms with Crippen LogP contribution in [0, 0.1) is 5.92 Å². The van der Waals surface area contributed by atoms with Gasteiger partial charge in [0.15, 0.2) is 0 Å². The van der Waals surface area contributed by atoms with Gasteiger partial charge in [0.1, 0.15) is 0 Å². The third-order valence-electron chi connectivity index (χ3n) is 3.26. The van der Waals surface area contributed by atoms with Crippen molar-refractivity contribution in [1.82, 2.24) is 10.6 Å². The van der Waals surface area contributed by atoms with Crippen LogP contribution in [0.25, 0.3) is 0 Å². The second-order valence-electron chi connectivity index (χ2n) is 4.55. The second kappa shape index (κ2) is 6.38. The predicted molar refractivity (Wildman–Crippen MR) is 71.0 cm³/mol. The molecule has 0 bridgehead atoms. The third-order valence-corrected chi connectivity index (χ3v) is 4.49. The van der Waals surface area contributed by atoms with Crippen LogP contribution in [0.4, 0.5) is 0 Å². The van der Waals surface area contributed by atoms with Gasteiger partial charge >= 0.3 is 0 Å². The van der Waals surface area contributed by atoms with Crippen molar-refractivity contribution in [2.75, 3.05) is 19.6 Å². The predicted octanol–water partition coefficient (Wildman–Crippen LogP) is 2.40. The minimum Gasteiger partial charge on any atom is -0.316 e. The Balaban J connectivity index is 1.60. The molecular formula is C13H22N2S. The van der Waals surface area contributed by atoms with Crippen LogP contribution >= 0.6 is 11.3 Å². The molecule has 1 aliphatic rings. The molecule has 0 aromatic carbocycles. The van der Waals surface area contributed by atoms with Gasteiger partial charge in [-0.1, -0.05) is 6.92 Å². The molecule has 1 aromatic heterocycles. The van der Waals surface area contributed by atoms with Crippen molar-refractivity contribution in [1.29, 1.82) is 0 Å². The Morgan fingerprint density at radius 3 is 3.00 bits per heavy atom. The molecule has 16 heavy (non-hydrogen) atoms. The van der Waals surface area contributed by atoms with E-state index in [9.17, 15) is 0 Å². The highest BCUT2D eigenvalue weighted by Crippen LogP contribution is 2.16. The summed E-state index contributed by atoms with van der Waals surface area (Å²) in [5, 5.41) is 6.96. The zero-order chi connectivity index (χ0) is 11.2. The van der Waals surface area contributed by atoms with Crippen molar-refractivity contribution < 1.29 is 0 Å². The fourth-order valence-electron chi connectivity index (χ4n) is 2.19. The van der Waals surface area contributed by atoms with E-state index in [1.165, 1.54) is 42.1 Å². The van der Waals surface area contributed by atoms with Gasteiger partial charge in [0.05, 0.1) is 0 Å². The summed E-state index contributed by atoms with van der Waals surface area (Å²) < 4.78 is 0. The van der Waals surface area contributed by atoms with Crippen molar-refractivity contribution in [3.63, 3.8) is 0 Å². The van der Waals surface area contributed by atoms with Gasteiger partial charge in [-0.25, -0.2) is 0 Å². The highest BCUT2D eigenvalue weighted by atomic mass is 32.1. The van der Waals surface area contributed by atoms with E-state index in [0.29, 0.717) is 0 Å². The topological polar surface area (TPSA) is 24.1 Å². The SMILES string of the molecule is CCc1ccc(CNCCC2CCNC2)s1. The monoisotopic (exact) mass is 238 g/mol. The summed E-state index contributed by atoms with van der Waals surface area (Å²) in [5.41, 5.74) is 0. The molecule has 2 heterocycles. The van der Waals surface area contributed by atoms with E-state index < -0.39 is 0 Å². The van der Waals surface area contributed by atoms with Gasteiger partial charge in [-0.3, -0.25) is 0 Å². The maximum atomic E-state index is 3.55. The molecule has 2 N–H and O–H groups in total. The molecule has 1 atom stereocenters. The fourth-order valence-corrected chi connectivity index (χ4v) is 3.11. The Bertz CT molecular complexity index is 303. The minimum atomic E-state index is 0.905. The number of hydrogen-bond acceptors (Lipinski definition) is 3. The van der Waals surface area contributed by atoms with Crippen molar-refractivity contribution >= 4 is 11.3 Å². The van der Waals surface area contributed by atoms with Crippen LogP contribution in [-0.4, -0.2) is 19.6 Å². The summed E-state index contributed by atoms with van der Waals surface area (Å²) in [4.78, 5) is 2.97. The zero-order valence-electron chi connectivity index (χ0n) is 10.1. The van der Waals surface area contributed by atoms with E-state index in [2.05, 4.69) is 29.7 Å². The zero-order valence-corrected chi connectivity index (χ0v) is 10.9. The number of nitrogens with one attached hydrogen (secondary N) is 2. The van der Waals surface area contributed by atoms with Crippen LogP contribution in [-0.2, 0) is 13.0 Å². The van der Waals surface area contributed by atoms with Gasteiger partial charge in [-0.15, -0.1) is 11.3 Å². The molecule has 0 amide bonds. The lowest BCUT2D eigenvalue weighted by atomic mass is 10.1. The average Bonchev–Trinajstić information content (AvgIpc) is 2.95. The number of rotatable bonds is 6. The summed E-state index contributed by atoms with van der Waals surface area (Å²) in [6.45, 7) is 6.86. The molecular weight excluding hydrogens is 216 g/mol. The first-order chi connectivity index (χ1) is 7.88. The first-order valence-corrected chi connectivity index (χ1v) is 7.19. The molecule has 1 unspecified atom stereocenters. The summed E-state index contributed by atoms with van der Waals surface area (Å²) in [5.74, 6) is 0.905. The van der Waals surface area contributed by atoms with Crippen molar-refractivity contribution in [3.05, 3.63) is 21.9 Å². The molecule has 1 aromatic rings. The standard InChI is InChI=1S/C13H22N2S/c1-2-12-3-4-13(16-12)10-15-8-6-11-5-7-14-9-11/h3-4,11,14-15H,2,5-10H2,1H3. The van der Waals surface area contributed by atoms with Gasteiger partial charge in [0.25, 0.3) is 0 Å². The first kappa shape index (κ1) is 12.1. The Kier molecular flexibility index (Phi) is 4.82. The lowest BCUT2D eigenvalue weighted by Crippen LogP contribution is -2.18. The quantitative estimate of drug-likeness (QED) is 0.744. The largest absolute Gasteiger partial charge is 0.316 e. The third kappa shape index (κ3) is 3.58. The Morgan fingerprint density at radius 2 is 2.31 bits per heavy atom. The first-order valence-electron chi connectivity index (χ1n) is 6.37. The lowest BCUT2D eigenvalue weighted by molar-refractivity contribution is 0.501. The molecule has 1 saturated heterocycles. The second-order valence-corrected chi connectivity index (χ2v) is 5.80. The molecule has 1 fully saturated rings. The van der Waals surface area contributed by atoms with E-state index in [1.807, 2.05) is 11.3 Å². The Morgan fingerprint density at radius 1 is 1.44 bits per heavy atom. The maximum absolute atomic E-state index is 3.55. The molecule has 0 spiro atoms. The molecule has 0 saturated carbocycles. The molecule has 2 rings (SSSR count). The van der Waals surface area contributed by atoms with E-state index in [1.54, 1.807) is 0 Å². The van der Waals surface area contributed by atoms with Gasteiger partial charge in [0, 0.05) is 16.3 Å². The van der Waals surface area contributed by atoms with Crippen LogP contribution in [0.1, 0.15) is 29.5 Å². The minimum absolute atomic E-state index is 0.905. The van der Waals surface area contributed by atoms with Crippen LogP contribution in [0.15, 0.2) is 12.1 Å². The number of hydrogen-bond donors (Lipinski definition) is 2. The average molecular weight is 238 g/mol. The Hall–Kier alpha value is -0.380. The fraction of sp³-hybridized carbons (Fsp3) is 0.692. The molecule has 0 radical (unpaired) electrons. The summed E-state index contributed by atoms with van der Waals surface area (Å²) in [6.07, 6.45) is 3.85. The van der Waals surface area contributed by atoms with Crippen LogP contribution in [0.5, 0.6) is 0 Å². The van der Waals surface area contributed by atoms with Crippen molar-refractivity contribution in [2.24, 2.45) is 5.92 Å². The van der Waals surface area contributed by atoms with E-state index >= 15 is 0 Å². The van der Waals surface area contributed by atoms with Gasteiger partial charge in [-0.05, 0) is 56.9 Å². The molecule has 1 aliphatic heterocycles. The van der Waals surface area contributed by atoms with Gasteiger partial charge < -0.3 is 10.6 Å². The Labute approximate surface area is 102 Å². The molecule has 2 nitrogen and oxygen atoms in total. The van der Waals surface area contributed by atoms with Crippen LogP contribution in [0.3, 0.4) is 0 Å². The van der Waals surface area contributed by atoms with Crippen LogP contribution in [0.2, 0.25) is 0 Å². The number of aryl methyl sites for hydroxylation is 1. The van der Waals surface area contributed by atoms with Gasteiger partial charge in [0.2, 0.25) is 0 Å².